The van der Waals surface area contributed by atoms with E-state index in [2.05, 4.69) is 16.9 Å². The molecule has 0 aliphatic carbocycles. The van der Waals surface area contributed by atoms with Gasteiger partial charge in [-0.2, -0.15) is 13.2 Å². The number of pyridine rings is 1. The van der Waals surface area contributed by atoms with E-state index in [0.29, 0.717) is 36.0 Å². The molecule has 6 nitrogen and oxygen atoms in total. The number of hydrogen-bond acceptors (Lipinski definition) is 6. The van der Waals surface area contributed by atoms with Crippen molar-refractivity contribution >= 4 is 6.21 Å². The van der Waals surface area contributed by atoms with Gasteiger partial charge < -0.3 is 25.9 Å². The number of alkyl halides is 3. The molecule has 1 aromatic heterocycles. The smallest absolute Gasteiger partial charge is 0.416 e. The lowest BCUT2D eigenvalue weighted by atomic mass is 9.99. The highest BCUT2D eigenvalue weighted by Crippen LogP contribution is 2.30. The van der Waals surface area contributed by atoms with Crippen molar-refractivity contribution in [2.45, 2.75) is 38.3 Å². The van der Waals surface area contributed by atoms with E-state index >= 15 is 0 Å². The van der Waals surface area contributed by atoms with Crippen molar-refractivity contribution in [3.63, 3.8) is 0 Å². The van der Waals surface area contributed by atoms with Gasteiger partial charge in [0.15, 0.2) is 0 Å². The van der Waals surface area contributed by atoms with E-state index in [9.17, 15) is 13.2 Å². The van der Waals surface area contributed by atoms with E-state index in [4.69, 9.17) is 20.6 Å². The second-order valence-electron chi connectivity index (χ2n) is 9.76. The summed E-state index contributed by atoms with van der Waals surface area (Å²) in [5, 5.41) is 11.5. The van der Waals surface area contributed by atoms with Crippen LogP contribution in [0, 0.1) is 11.3 Å². The molecule has 0 spiro atoms. The highest BCUT2D eigenvalue weighted by molar-refractivity contribution is 5.67. The van der Waals surface area contributed by atoms with Gasteiger partial charge >= 0.3 is 6.18 Å². The highest BCUT2D eigenvalue weighted by Gasteiger charge is 2.30. The molecule has 0 amide bonds. The Morgan fingerprint density at radius 3 is 2.77 bits per heavy atom. The van der Waals surface area contributed by atoms with Crippen LogP contribution in [0.25, 0.3) is 0 Å². The third-order valence-electron chi connectivity index (χ3n) is 6.65. The molecule has 1 fully saturated rings. The van der Waals surface area contributed by atoms with Gasteiger partial charge in [-0.25, -0.2) is 0 Å². The Morgan fingerprint density at radius 2 is 2.08 bits per heavy atom. The lowest BCUT2D eigenvalue weighted by Crippen LogP contribution is -2.24. The summed E-state index contributed by atoms with van der Waals surface area (Å²) in [6.45, 7) is 8.39. The lowest BCUT2D eigenvalue weighted by Gasteiger charge is -2.24. The van der Waals surface area contributed by atoms with Gasteiger partial charge in [0, 0.05) is 55.5 Å². The van der Waals surface area contributed by atoms with E-state index in [-0.39, 0.29) is 12.3 Å². The van der Waals surface area contributed by atoms with E-state index in [1.807, 2.05) is 25.1 Å². The number of halogens is 3. The van der Waals surface area contributed by atoms with Crippen LogP contribution in [0.15, 0.2) is 90.6 Å². The van der Waals surface area contributed by atoms with Crippen molar-refractivity contribution in [3.05, 3.63) is 107 Å². The molecule has 2 heterocycles. The van der Waals surface area contributed by atoms with Crippen LogP contribution in [-0.4, -0.2) is 37.6 Å². The average Bonchev–Trinajstić information content (AvgIpc) is 2.95. The van der Waals surface area contributed by atoms with E-state index in [1.165, 1.54) is 18.5 Å². The molecule has 2 aromatic rings. The molecular weight excluding hydrogens is 517 g/mol. The molecule has 0 radical (unpaired) electrons. The second kappa shape index (κ2) is 15.1. The number of benzene rings is 1. The zero-order valence-electron chi connectivity index (χ0n) is 22.7. The summed E-state index contributed by atoms with van der Waals surface area (Å²) in [7, 11) is 0. The monoisotopic (exact) mass is 554 g/mol. The van der Waals surface area contributed by atoms with Crippen molar-refractivity contribution < 1.29 is 22.6 Å². The SMILES string of the molecule is C=C(\C=C(NCC(C=N)c1cnccc1OCC1CCOCC1)/C(C)=C\C=C\N)Cc1cccc(C(F)(F)F)c1. The molecular formula is C31H37F3N4O2. The fourth-order valence-corrected chi connectivity index (χ4v) is 4.37. The Hall–Kier alpha value is -3.85. The normalized spacial score (nSPS) is 16.1. The first-order valence-electron chi connectivity index (χ1n) is 13.2. The Bertz CT molecular complexity index is 1230. The van der Waals surface area contributed by atoms with Crippen molar-refractivity contribution in [2.75, 3.05) is 26.4 Å². The fraction of sp³-hybridized carbons (Fsp3) is 0.355. The van der Waals surface area contributed by atoms with Crippen molar-refractivity contribution in [3.8, 4) is 5.75 Å². The van der Waals surface area contributed by atoms with Gasteiger partial charge in [0.05, 0.1) is 12.2 Å². The molecule has 1 aromatic carbocycles. The number of ether oxygens (including phenoxy) is 2. The number of nitrogens with zero attached hydrogens (tertiary/aromatic N) is 1. The fourth-order valence-electron chi connectivity index (χ4n) is 4.37. The van der Waals surface area contributed by atoms with Crippen LogP contribution in [0.3, 0.4) is 0 Å². The number of allylic oxidation sites excluding steroid dienone is 5. The predicted molar refractivity (Wildman–Crippen MR) is 152 cm³/mol. The maximum Gasteiger partial charge on any atom is 0.416 e. The van der Waals surface area contributed by atoms with E-state index < -0.39 is 11.7 Å². The van der Waals surface area contributed by atoms with E-state index in [0.717, 1.165) is 55.0 Å². The van der Waals surface area contributed by atoms with Crippen LogP contribution in [0.1, 0.15) is 42.4 Å². The standard InChI is InChI=1S/C31H37F3N4O2/c1-22(15-25-6-3-7-27(17-25)31(32,33)34)16-29(23(2)5-4-11-35)38-19-26(18-36)28-20-37-12-8-30(28)40-21-24-9-13-39-14-10-24/h3-8,11-12,16-18,20,24,26,36,38H,1,9-10,13-15,19,21,35H2,2H3/b11-4+,23-5-,29-16+,36-18?. The Kier molecular flexibility index (Phi) is 11.6. The molecule has 214 valence electrons. The van der Waals surface area contributed by atoms with E-state index in [1.54, 1.807) is 24.5 Å². The summed E-state index contributed by atoms with van der Waals surface area (Å²) in [6.07, 6.45) is 9.22. The zero-order valence-corrected chi connectivity index (χ0v) is 22.7. The summed E-state index contributed by atoms with van der Waals surface area (Å²) in [4.78, 5) is 4.26. The summed E-state index contributed by atoms with van der Waals surface area (Å²) >= 11 is 0. The van der Waals surface area contributed by atoms with Gasteiger partial charge in [-0.3, -0.25) is 4.98 Å². The number of aromatic nitrogens is 1. The maximum atomic E-state index is 13.2. The van der Waals surface area contributed by atoms with Gasteiger partial charge in [-0.05, 0) is 79.3 Å². The van der Waals surface area contributed by atoms with Crippen molar-refractivity contribution in [1.29, 1.82) is 5.41 Å². The summed E-state index contributed by atoms with van der Waals surface area (Å²) in [5.74, 6) is 0.776. The quantitative estimate of drug-likeness (QED) is 0.199. The second-order valence-corrected chi connectivity index (χ2v) is 9.76. The van der Waals surface area contributed by atoms with Crippen LogP contribution in [0.4, 0.5) is 13.2 Å². The summed E-state index contributed by atoms with van der Waals surface area (Å²) < 4.78 is 51.1. The van der Waals surface area contributed by atoms with Crippen LogP contribution < -0.4 is 15.8 Å². The highest BCUT2D eigenvalue weighted by atomic mass is 19.4. The minimum atomic E-state index is -4.41. The van der Waals surface area contributed by atoms with Crippen molar-refractivity contribution in [2.24, 2.45) is 11.7 Å². The maximum absolute atomic E-state index is 13.2. The van der Waals surface area contributed by atoms with Gasteiger partial charge in [-0.1, -0.05) is 30.9 Å². The molecule has 1 atom stereocenters. The molecule has 40 heavy (non-hydrogen) atoms. The average molecular weight is 555 g/mol. The first kappa shape index (κ1) is 30.7. The molecule has 1 aliphatic rings. The van der Waals surface area contributed by atoms with Gasteiger partial charge in [0.25, 0.3) is 0 Å². The minimum Gasteiger partial charge on any atom is -0.493 e. The van der Waals surface area contributed by atoms with Crippen LogP contribution in [0.2, 0.25) is 0 Å². The topological polar surface area (TPSA) is 93.2 Å². The van der Waals surface area contributed by atoms with Crippen LogP contribution in [0.5, 0.6) is 5.75 Å². The third kappa shape index (κ3) is 9.41. The number of nitrogens with two attached hydrogens (primary N) is 1. The van der Waals surface area contributed by atoms with Crippen molar-refractivity contribution in [1.82, 2.24) is 10.3 Å². The summed E-state index contributed by atoms with van der Waals surface area (Å²) in [5.41, 5.74) is 8.32. The number of hydrogen-bond donors (Lipinski definition) is 3. The Morgan fingerprint density at radius 1 is 1.30 bits per heavy atom. The van der Waals surface area contributed by atoms with Crippen LogP contribution >= 0.6 is 0 Å². The molecule has 9 heteroatoms. The molecule has 3 rings (SSSR count). The van der Waals surface area contributed by atoms with Crippen LogP contribution in [-0.2, 0) is 17.3 Å². The van der Waals surface area contributed by atoms with Gasteiger partial charge in [0.1, 0.15) is 5.75 Å². The first-order valence-corrected chi connectivity index (χ1v) is 13.2. The summed E-state index contributed by atoms with van der Waals surface area (Å²) in [6, 6.07) is 7.06. The Balaban J connectivity index is 1.76. The zero-order chi connectivity index (χ0) is 29.0. The first-order chi connectivity index (χ1) is 19.2. The molecule has 1 saturated heterocycles. The molecule has 1 aliphatic heterocycles. The molecule has 1 unspecified atom stereocenters. The van der Waals surface area contributed by atoms with Gasteiger partial charge in [0.2, 0.25) is 0 Å². The number of nitrogens with one attached hydrogen (secondary N) is 2. The minimum absolute atomic E-state index is 0.246. The predicted octanol–water partition coefficient (Wildman–Crippen LogP) is 6.33. The number of rotatable bonds is 13. The molecule has 0 bridgehead atoms. The van der Waals surface area contributed by atoms with Gasteiger partial charge in [-0.15, -0.1) is 0 Å². The third-order valence-corrected chi connectivity index (χ3v) is 6.65. The largest absolute Gasteiger partial charge is 0.493 e. The molecule has 4 N–H and O–H groups in total. The Labute approximate surface area is 234 Å². The lowest BCUT2D eigenvalue weighted by molar-refractivity contribution is -0.137. The molecule has 0 saturated carbocycles.